The minimum absolute atomic E-state index is 0.0800. The van der Waals surface area contributed by atoms with Crippen LogP contribution in [0.5, 0.6) is 0 Å². The molecule has 1 heterocycles. The standard InChI is InChI=1S/C15H11N3O5/c19-13(20)8-1-3-9(4-2-8)14(21)23-18-10-5-6-11-12(7-10)17-15(22)16-11/h1-7,18H,(H,19,20)(H2,16,17,22). The van der Waals surface area contributed by atoms with Gasteiger partial charge in [-0.25, -0.2) is 19.9 Å². The first-order valence-electron chi connectivity index (χ1n) is 6.55. The molecular formula is C15H11N3O5. The minimum Gasteiger partial charge on any atom is -0.478 e. The number of benzene rings is 2. The van der Waals surface area contributed by atoms with Gasteiger partial charge in [0.15, 0.2) is 0 Å². The summed E-state index contributed by atoms with van der Waals surface area (Å²) in [6.07, 6.45) is 0. The van der Waals surface area contributed by atoms with Crippen LogP contribution in [0.2, 0.25) is 0 Å². The van der Waals surface area contributed by atoms with E-state index in [2.05, 4.69) is 15.4 Å². The summed E-state index contributed by atoms with van der Waals surface area (Å²) < 4.78 is 0. The number of aromatic nitrogens is 2. The molecule has 0 saturated carbocycles. The highest BCUT2D eigenvalue weighted by Crippen LogP contribution is 2.15. The van der Waals surface area contributed by atoms with Gasteiger partial charge in [0.05, 0.1) is 27.8 Å². The Morgan fingerprint density at radius 1 is 0.957 bits per heavy atom. The topological polar surface area (TPSA) is 124 Å². The summed E-state index contributed by atoms with van der Waals surface area (Å²) in [5, 5.41) is 8.80. The van der Waals surface area contributed by atoms with Crippen molar-refractivity contribution in [3.63, 3.8) is 0 Å². The van der Waals surface area contributed by atoms with Crippen molar-refractivity contribution in [2.24, 2.45) is 0 Å². The van der Waals surface area contributed by atoms with Gasteiger partial charge in [-0.2, -0.15) is 0 Å². The van der Waals surface area contributed by atoms with Crippen molar-refractivity contribution < 1.29 is 19.5 Å². The molecular weight excluding hydrogens is 302 g/mol. The van der Waals surface area contributed by atoms with Crippen molar-refractivity contribution in [1.82, 2.24) is 9.97 Å². The van der Waals surface area contributed by atoms with Crippen molar-refractivity contribution in [2.45, 2.75) is 0 Å². The number of aromatic amines is 2. The fraction of sp³-hybridized carbons (Fsp3) is 0. The summed E-state index contributed by atoms with van der Waals surface area (Å²) >= 11 is 0. The van der Waals surface area contributed by atoms with Gasteiger partial charge in [-0.3, -0.25) is 0 Å². The van der Waals surface area contributed by atoms with Gasteiger partial charge in [-0.05, 0) is 42.5 Å². The van der Waals surface area contributed by atoms with E-state index in [4.69, 9.17) is 9.94 Å². The van der Waals surface area contributed by atoms with E-state index >= 15 is 0 Å². The van der Waals surface area contributed by atoms with Crippen molar-refractivity contribution in [3.05, 3.63) is 64.1 Å². The molecule has 4 N–H and O–H groups in total. The average Bonchev–Trinajstić information content (AvgIpc) is 2.92. The number of rotatable bonds is 4. The van der Waals surface area contributed by atoms with E-state index in [1.807, 2.05) is 0 Å². The molecule has 8 heteroatoms. The smallest absolute Gasteiger partial charge is 0.362 e. The monoisotopic (exact) mass is 313 g/mol. The Balaban J connectivity index is 1.69. The lowest BCUT2D eigenvalue weighted by Crippen LogP contribution is -2.11. The highest BCUT2D eigenvalue weighted by Gasteiger charge is 2.10. The highest BCUT2D eigenvalue weighted by atomic mass is 16.7. The lowest BCUT2D eigenvalue weighted by atomic mass is 10.1. The molecule has 0 aliphatic rings. The molecule has 0 spiro atoms. The predicted molar refractivity (Wildman–Crippen MR) is 81.4 cm³/mol. The minimum atomic E-state index is -1.07. The van der Waals surface area contributed by atoms with Gasteiger partial charge < -0.3 is 19.9 Å². The zero-order chi connectivity index (χ0) is 16.4. The molecule has 0 saturated heterocycles. The summed E-state index contributed by atoms with van der Waals surface area (Å²) in [6.45, 7) is 0. The van der Waals surface area contributed by atoms with E-state index in [0.29, 0.717) is 16.7 Å². The largest absolute Gasteiger partial charge is 0.478 e. The summed E-state index contributed by atoms with van der Waals surface area (Å²) in [6, 6.07) is 10.2. The SMILES string of the molecule is O=C(O)c1ccc(C(=O)ONc2ccc3[nH]c(=O)[nH]c3c2)cc1. The Kier molecular flexibility index (Phi) is 3.55. The Labute approximate surface area is 128 Å². The number of imidazole rings is 1. The molecule has 0 atom stereocenters. The maximum Gasteiger partial charge on any atom is 0.362 e. The number of carbonyl (C=O) groups is 2. The van der Waals surface area contributed by atoms with Crippen molar-refractivity contribution in [2.75, 3.05) is 5.48 Å². The first-order valence-corrected chi connectivity index (χ1v) is 6.55. The maximum atomic E-state index is 11.9. The fourth-order valence-corrected chi connectivity index (χ4v) is 2.01. The number of hydrogen-bond acceptors (Lipinski definition) is 5. The zero-order valence-corrected chi connectivity index (χ0v) is 11.6. The molecule has 0 amide bonds. The zero-order valence-electron chi connectivity index (χ0n) is 11.6. The number of anilines is 1. The van der Waals surface area contributed by atoms with Gasteiger partial charge in [0.25, 0.3) is 0 Å². The molecule has 0 fully saturated rings. The van der Waals surface area contributed by atoms with Crippen LogP contribution in [0.1, 0.15) is 20.7 Å². The van der Waals surface area contributed by atoms with Crippen LogP contribution in [0.25, 0.3) is 11.0 Å². The molecule has 116 valence electrons. The summed E-state index contributed by atoms with van der Waals surface area (Å²) in [5.74, 6) is -1.73. The van der Waals surface area contributed by atoms with E-state index in [1.165, 1.54) is 24.3 Å². The third-order valence-electron chi connectivity index (χ3n) is 3.15. The molecule has 23 heavy (non-hydrogen) atoms. The second-order valence-corrected chi connectivity index (χ2v) is 4.71. The van der Waals surface area contributed by atoms with Gasteiger partial charge in [0.1, 0.15) is 0 Å². The molecule has 0 aliphatic heterocycles. The average molecular weight is 313 g/mol. The van der Waals surface area contributed by atoms with E-state index in [9.17, 15) is 14.4 Å². The number of aromatic carboxylic acids is 1. The van der Waals surface area contributed by atoms with Crippen molar-refractivity contribution in [1.29, 1.82) is 0 Å². The Morgan fingerprint density at radius 3 is 2.30 bits per heavy atom. The number of H-pyrrole nitrogens is 2. The molecule has 3 aromatic rings. The Hall–Kier alpha value is -3.55. The second-order valence-electron chi connectivity index (χ2n) is 4.71. The molecule has 1 aromatic heterocycles. The Morgan fingerprint density at radius 2 is 1.61 bits per heavy atom. The molecule has 0 unspecified atom stereocenters. The van der Waals surface area contributed by atoms with Gasteiger partial charge in [0, 0.05) is 0 Å². The van der Waals surface area contributed by atoms with Gasteiger partial charge in [0.2, 0.25) is 0 Å². The van der Waals surface area contributed by atoms with Gasteiger partial charge >= 0.3 is 17.6 Å². The summed E-state index contributed by atoms with van der Waals surface area (Å²) in [5.41, 5.74) is 4.12. The number of nitrogens with one attached hydrogen (secondary N) is 3. The second kappa shape index (κ2) is 5.68. The van der Waals surface area contributed by atoms with Crippen LogP contribution >= 0.6 is 0 Å². The first-order chi connectivity index (χ1) is 11.0. The quantitative estimate of drug-likeness (QED) is 0.544. The lowest BCUT2D eigenvalue weighted by Gasteiger charge is -2.07. The van der Waals surface area contributed by atoms with E-state index < -0.39 is 11.9 Å². The van der Waals surface area contributed by atoms with Crippen LogP contribution in [0.4, 0.5) is 5.69 Å². The van der Waals surface area contributed by atoms with Crippen LogP contribution in [0.3, 0.4) is 0 Å². The molecule has 2 aromatic carbocycles. The van der Waals surface area contributed by atoms with E-state index in [1.54, 1.807) is 18.2 Å². The number of carboxylic acids is 1. The Bertz CT molecular complexity index is 940. The van der Waals surface area contributed by atoms with Gasteiger partial charge in [-0.1, -0.05) is 0 Å². The lowest BCUT2D eigenvalue weighted by molar-refractivity contribution is 0.0594. The fourth-order valence-electron chi connectivity index (χ4n) is 2.01. The first kappa shape index (κ1) is 14.4. The number of carbonyl (C=O) groups excluding carboxylic acids is 1. The molecule has 8 nitrogen and oxygen atoms in total. The normalized spacial score (nSPS) is 10.4. The number of carboxylic acid groups (broad SMARTS) is 1. The van der Waals surface area contributed by atoms with Crippen molar-refractivity contribution in [3.8, 4) is 0 Å². The number of fused-ring (bicyclic) bond motifs is 1. The van der Waals surface area contributed by atoms with Crippen molar-refractivity contribution >= 4 is 28.7 Å². The summed E-state index contributed by atoms with van der Waals surface area (Å²) in [4.78, 5) is 43.9. The third-order valence-corrected chi connectivity index (χ3v) is 3.15. The third kappa shape index (κ3) is 3.05. The highest BCUT2D eigenvalue weighted by molar-refractivity contribution is 5.93. The number of hydrogen-bond donors (Lipinski definition) is 4. The van der Waals surface area contributed by atoms with Crippen LogP contribution in [-0.2, 0) is 4.84 Å². The molecule has 0 radical (unpaired) electrons. The van der Waals surface area contributed by atoms with E-state index in [0.717, 1.165) is 0 Å². The van der Waals surface area contributed by atoms with Crippen LogP contribution in [0.15, 0.2) is 47.3 Å². The van der Waals surface area contributed by atoms with E-state index in [-0.39, 0.29) is 16.8 Å². The predicted octanol–water partition coefficient (Wildman–Crippen LogP) is 1.74. The van der Waals surface area contributed by atoms with Crippen LogP contribution < -0.4 is 11.2 Å². The molecule has 0 aliphatic carbocycles. The van der Waals surface area contributed by atoms with Crippen LogP contribution in [0, 0.1) is 0 Å². The maximum absolute atomic E-state index is 11.9. The summed E-state index contributed by atoms with van der Waals surface area (Å²) in [7, 11) is 0. The van der Waals surface area contributed by atoms with Crippen LogP contribution in [-0.4, -0.2) is 27.0 Å². The molecule has 3 rings (SSSR count). The van der Waals surface area contributed by atoms with Gasteiger partial charge in [-0.15, -0.1) is 0 Å². The molecule has 0 bridgehead atoms.